The second-order valence-electron chi connectivity index (χ2n) is 8.72. The molecule has 0 bridgehead atoms. The Morgan fingerprint density at radius 3 is 2.80 bits per heavy atom. The van der Waals surface area contributed by atoms with Crippen LogP contribution in [0.5, 0.6) is 17.2 Å². The molecule has 3 heterocycles. The van der Waals surface area contributed by atoms with Crippen LogP contribution in [0.15, 0.2) is 46.1 Å². The van der Waals surface area contributed by atoms with Gasteiger partial charge in [-0.25, -0.2) is 13.9 Å². The highest BCUT2D eigenvalue weighted by Crippen LogP contribution is 2.48. The van der Waals surface area contributed by atoms with Crippen LogP contribution in [0.4, 0.5) is 5.82 Å². The monoisotopic (exact) mass is 579 g/mol. The highest BCUT2D eigenvalue weighted by Gasteiger charge is 2.40. The molecular weight excluding hydrogens is 553 g/mol. The number of anilines is 1. The molecule has 1 aromatic carbocycles. The third-order valence-corrected chi connectivity index (χ3v) is 6.99. The Morgan fingerprint density at radius 2 is 2.10 bits per heavy atom. The number of nitrogens with zero attached hydrogens (tertiary/aromatic N) is 5. The average molecular weight is 579 g/mol. The average Bonchev–Trinajstić information content (AvgIpc) is 3.47. The van der Waals surface area contributed by atoms with Crippen LogP contribution in [0.1, 0.15) is 20.8 Å². The number of nitrogens with two attached hydrogens (primary N) is 1. The van der Waals surface area contributed by atoms with Crippen molar-refractivity contribution in [1.29, 1.82) is 0 Å². The quantitative estimate of drug-likeness (QED) is 0.114. The lowest BCUT2D eigenvalue weighted by molar-refractivity contribution is -0.149. The first kappa shape index (κ1) is 28.7. The summed E-state index contributed by atoms with van der Waals surface area (Å²) in [5.74, 6) is -0.293. The molecule has 1 aromatic heterocycles. The minimum absolute atomic E-state index is 0.00432. The van der Waals surface area contributed by atoms with Gasteiger partial charge in [0.1, 0.15) is 29.4 Å². The summed E-state index contributed by atoms with van der Waals surface area (Å²) >= 11 is 0. The second-order valence-corrected chi connectivity index (χ2v) is 10.4. The SMILES string of the molecule is CC(C)OC(=O)[C@H](C)NP(=O)(OC[C@H]1OC(n2ccc(N)nc2=O)=C(N=[N+]=[N-])[C@@H]1O)Oc1ccc2c(c1)OCO2. The fourth-order valence-electron chi connectivity index (χ4n) is 3.56. The topological polar surface area (TPSA) is 231 Å². The normalized spacial score (nSPS) is 19.9. The van der Waals surface area contributed by atoms with Gasteiger partial charge in [0.05, 0.1) is 12.7 Å². The molecule has 4 atom stereocenters. The Balaban J connectivity index is 1.56. The lowest BCUT2D eigenvalue weighted by atomic mass is 10.2. The van der Waals surface area contributed by atoms with Gasteiger partial charge in [-0.3, -0.25) is 9.32 Å². The maximum Gasteiger partial charge on any atom is 0.459 e. The zero-order valence-corrected chi connectivity index (χ0v) is 22.4. The van der Waals surface area contributed by atoms with E-state index >= 15 is 0 Å². The number of carbonyl (C=O) groups excluding carboxylic acids is 1. The van der Waals surface area contributed by atoms with Crippen molar-refractivity contribution in [3.8, 4) is 17.2 Å². The van der Waals surface area contributed by atoms with Crippen molar-refractivity contribution in [2.45, 2.75) is 45.1 Å². The van der Waals surface area contributed by atoms with Crippen molar-refractivity contribution < 1.29 is 42.5 Å². The minimum Gasteiger partial charge on any atom is -0.469 e. The summed E-state index contributed by atoms with van der Waals surface area (Å²) in [5, 5.41) is 16.7. The standard InChI is InChI=1S/C22H26N7O10P/c1-11(2)37-21(31)12(3)27-40(33,39-13-4-5-14-15(8-13)35-10-34-14)36-9-16-19(30)18(26-28-24)20(38-16)29-7-6-17(23)25-22(29)32/h4-8,11-12,16,19,30H,9-10H2,1-3H3,(H,27,33)(H2,23,25,32)/t12-,16+,19+,40?/m0/s1. The summed E-state index contributed by atoms with van der Waals surface area (Å²) < 4.78 is 47.3. The fourth-order valence-corrected chi connectivity index (χ4v) is 5.05. The zero-order valence-electron chi connectivity index (χ0n) is 21.5. The van der Waals surface area contributed by atoms with Crippen LogP contribution in [0.25, 0.3) is 16.3 Å². The molecule has 214 valence electrons. The minimum atomic E-state index is -4.40. The molecule has 0 amide bonds. The first-order valence-corrected chi connectivity index (χ1v) is 13.4. The number of aliphatic hydroxyl groups is 1. The number of nitrogen functional groups attached to an aromatic ring is 1. The summed E-state index contributed by atoms with van der Waals surface area (Å²) in [7, 11) is -4.40. The number of azide groups is 1. The number of hydrogen-bond acceptors (Lipinski definition) is 13. The van der Waals surface area contributed by atoms with E-state index in [0.717, 1.165) is 4.57 Å². The molecule has 4 rings (SSSR count). The van der Waals surface area contributed by atoms with Gasteiger partial charge in [-0.05, 0) is 44.5 Å². The summed E-state index contributed by atoms with van der Waals surface area (Å²) in [6.45, 7) is 4.07. The molecule has 0 fully saturated rings. The lowest BCUT2D eigenvalue weighted by Gasteiger charge is -2.25. The van der Waals surface area contributed by atoms with Gasteiger partial charge in [0, 0.05) is 17.2 Å². The van der Waals surface area contributed by atoms with E-state index in [9.17, 15) is 19.3 Å². The van der Waals surface area contributed by atoms with Crippen molar-refractivity contribution in [1.82, 2.24) is 14.6 Å². The highest BCUT2D eigenvalue weighted by atomic mass is 31.2. The number of ether oxygens (including phenoxy) is 4. The maximum atomic E-state index is 13.8. The number of carbonyl (C=O) groups is 1. The van der Waals surface area contributed by atoms with Crippen LogP contribution in [0, 0.1) is 0 Å². The zero-order chi connectivity index (χ0) is 29.0. The molecule has 4 N–H and O–H groups in total. The molecular formula is C22H26N7O10P. The molecule has 0 aliphatic carbocycles. The van der Waals surface area contributed by atoms with Gasteiger partial charge < -0.3 is 34.3 Å². The van der Waals surface area contributed by atoms with Crippen LogP contribution >= 0.6 is 7.75 Å². The van der Waals surface area contributed by atoms with E-state index in [2.05, 4.69) is 20.1 Å². The smallest absolute Gasteiger partial charge is 0.459 e. The summed E-state index contributed by atoms with van der Waals surface area (Å²) in [6.07, 6.45) is -2.17. The van der Waals surface area contributed by atoms with Crippen LogP contribution in [0.2, 0.25) is 0 Å². The molecule has 0 spiro atoms. The van der Waals surface area contributed by atoms with Crippen LogP contribution in [-0.4, -0.2) is 58.4 Å². The first-order chi connectivity index (χ1) is 19.0. The van der Waals surface area contributed by atoms with E-state index in [1.165, 1.54) is 37.4 Å². The number of aromatic nitrogens is 2. The highest BCUT2D eigenvalue weighted by molar-refractivity contribution is 7.52. The van der Waals surface area contributed by atoms with Crippen molar-refractivity contribution in [2.24, 2.45) is 5.11 Å². The molecule has 18 heteroatoms. The fraction of sp³-hybridized carbons (Fsp3) is 0.409. The molecule has 0 radical (unpaired) electrons. The van der Waals surface area contributed by atoms with Crippen molar-refractivity contribution in [2.75, 3.05) is 19.1 Å². The second kappa shape index (κ2) is 11.9. The number of aliphatic hydroxyl groups excluding tert-OH is 1. The number of esters is 1. The van der Waals surface area contributed by atoms with Crippen molar-refractivity contribution >= 4 is 25.4 Å². The maximum absolute atomic E-state index is 13.8. The Hall–Kier alpha value is -4.27. The van der Waals surface area contributed by atoms with Crippen molar-refractivity contribution in [3.05, 3.63) is 57.1 Å². The number of benzene rings is 1. The molecule has 1 unspecified atom stereocenters. The summed E-state index contributed by atoms with van der Waals surface area (Å²) in [5.41, 5.74) is 13.3. The molecule has 40 heavy (non-hydrogen) atoms. The van der Waals surface area contributed by atoms with Gasteiger partial charge in [-0.15, -0.1) is 0 Å². The molecule has 2 aliphatic heterocycles. The van der Waals surface area contributed by atoms with E-state index in [4.69, 9.17) is 39.3 Å². The summed E-state index contributed by atoms with van der Waals surface area (Å²) in [6, 6.07) is 4.53. The van der Waals surface area contributed by atoms with Gasteiger partial charge >= 0.3 is 19.4 Å². The number of fused-ring (bicyclic) bond motifs is 1. The predicted octanol–water partition coefficient (Wildman–Crippen LogP) is 1.88. The van der Waals surface area contributed by atoms with E-state index in [-0.39, 0.29) is 29.9 Å². The Kier molecular flexibility index (Phi) is 8.52. The predicted molar refractivity (Wildman–Crippen MR) is 137 cm³/mol. The third-order valence-electron chi connectivity index (χ3n) is 5.35. The van der Waals surface area contributed by atoms with Crippen LogP contribution in [-0.2, 0) is 23.4 Å². The first-order valence-electron chi connectivity index (χ1n) is 11.8. The van der Waals surface area contributed by atoms with Gasteiger partial charge in [0.2, 0.25) is 12.7 Å². The Labute approximate surface area is 226 Å². The van der Waals surface area contributed by atoms with Gasteiger partial charge in [-0.1, -0.05) is 5.11 Å². The lowest BCUT2D eigenvalue weighted by Crippen LogP contribution is -2.37. The van der Waals surface area contributed by atoms with Crippen LogP contribution in [0.3, 0.4) is 0 Å². The molecule has 2 aromatic rings. The molecule has 17 nitrogen and oxygen atoms in total. The molecule has 0 saturated carbocycles. The van der Waals surface area contributed by atoms with E-state index in [1.807, 2.05) is 0 Å². The molecule has 2 aliphatic rings. The van der Waals surface area contributed by atoms with E-state index in [0.29, 0.717) is 11.5 Å². The van der Waals surface area contributed by atoms with Gasteiger partial charge in [0.25, 0.3) is 0 Å². The third kappa shape index (κ3) is 6.47. The number of rotatable bonds is 11. The Morgan fingerprint density at radius 1 is 1.35 bits per heavy atom. The number of nitrogens with one attached hydrogen (secondary N) is 1. The largest absolute Gasteiger partial charge is 0.469 e. The molecule has 0 saturated heterocycles. The number of hydrogen-bond donors (Lipinski definition) is 3. The van der Waals surface area contributed by atoms with E-state index in [1.54, 1.807) is 13.8 Å². The van der Waals surface area contributed by atoms with Crippen molar-refractivity contribution in [3.63, 3.8) is 0 Å². The van der Waals surface area contributed by atoms with Gasteiger partial charge in [0.15, 0.2) is 17.6 Å². The van der Waals surface area contributed by atoms with Crippen LogP contribution < -0.4 is 30.5 Å². The Bertz CT molecular complexity index is 1470. The van der Waals surface area contributed by atoms with Gasteiger partial charge in [-0.2, -0.15) is 10.1 Å². The summed E-state index contributed by atoms with van der Waals surface area (Å²) in [4.78, 5) is 31.0. The van der Waals surface area contributed by atoms with E-state index < -0.39 is 50.4 Å².